The fourth-order valence-corrected chi connectivity index (χ4v) is 2.68. The van der Waals surface area contributed by atoms with E-state index in [0.717, 1.165) is 16.6 Å². The minimum Gasteiger partial charge on any atom is -0.484 e. The molecule has 0 fully saturated rings. The molecule has 0 saturated heterocycles. The summed E-state index contributed by atoms with van der Waals surface area (Å²) in [6, 6.07) is 9.96. The summed E-state index contributed by atoms with van der Waals surface area (Å²) in [6.07, 6.45) is 0.850. The van der Waals surface area contributed by atoms with Crippen molar-refractivity contribution in [3.63, 3.8) is 0 Å². The van der Waals surface area contributed by atoms with Crippen molar-refractivity contribution in [3.8, 4) is 5.75 Å². The van der Waals surface area contributed by atoms with Crippen LogP contribution in [-0.2, 0) is 0 Å². The highest BCUT2D eigenvalue weighted by Crippen LogP contribution is 2.31. The summed E-state index contributed by atoms with van der Waals surface area (Å²) in [5.41, 5.74) is 6.83. The number of halogens is 1. The molecule has 90 valence electrons. The Bertz CT molecular complexity index is 458. The van der Waals surface area contributed by atoms with E-state index in [1.807, 2.05) is 24.3 Å². The molecule has 2 aromatic rings. The number of ether oxygens (including phenoxy) is 1. The number of rotatable bonds is 5. The van der Waals surface area contributed by atoms with Crippen LogP contribution in [0.2, 0.25) is 0 Å². The van der Waals surface area contributed by atoms with Gasteiger partial charge < -0.3 is 10.5 Å². The molecule has 0 amide bonds. The van der Waals surface area contributed by atoms with Crippen LogP contribution in [0.15, 0.2) is 45.6 Å². The van der Waals surface area contributed by atoms with E-state index >= 15 is 0 Å². The Labute approximate surface area is 114 Å². The summed E-state index contributed by atoms with van der Waals surface area (Å²) < 4.78 is 6.98. The van der Waals surface area contributed by atoms with E-state index in [-0.39, 0.29) is 6.10 Å². The smallest absolute Gasteiger partial charge is 0.134 e. The van der Waals surface area contributed by atoms with Crippen molar-refractivity contribution >= 4 is 27.3 Å². The van der Waals surface area contributed by atoms with Crippen LogP contribution >= 0.6 is 27.3 Å². The van der Waals surface area contributed by atoms with E-state index in [4.69, 9.17) is 10.5 Å². The molecule has 1 atom stereocenters. The normalized spacial score (nSPS) is 12.4. The SMILES string of the molecule is NCCC(Oc1ccccc1Br)c1ccsc1. The molecule has 1 aromatic heterocycles. The molecule has 1 heterocycles. The topological polar surface area (TPSA) is 35.2 Å². The van der Waals surface area contributed by atoms with Crippen LogP contribution in [0, 0.1) is 0 Å². The van der Waals surface area contributed by atoms with Crippen LogP contribution in [-0.4, -0.2) is 6.54 Å². The lowest BCUT2D eigenvalue weighted by Gasteiger charge is -2.18. The van der Waals surface area contributed by atoms with Crippen LogP contribution < -0.4 is 10.5 Å². The van der Waals surface area contributed by atoms with Gasteiger partial charge in [0.05, 0.1) is 4.47 Å². The molecular formula is C13H14BrNOS. The fourth-order valence-electron chi connectivity index (χ4n) is 1.60. The van der Waals surface area contributed by atoms with Crippen molar-refractivity contribution < 1.29 is 4.74 Å². The van der Waals surface area contributed by atoms with Gasteiger partial charge in [-0.05, 0) is 51.4 Å². The molecule has 2 nitrogen and oxygen atoms in total. The Morgan fingerprint density at radius 3 is 2.76 bits per heavy atom. The van der Waals surface area contributed by atoms with Crippen LogP contribution in [0.25, 0.3) is 0 Å². The largest absolute Gasteiger partial charge is 0.484 e. The van der Waals surface area contributed by atoms with Gasteiger partial charge in [0.2, 0.25) is 0 Å². The van der Waals surface area contributed by atoms with Crippen molar-refractivity contribution in [2.24, 2.45) is 5.73 Å². The molecule has 1 unspecified atom stereocenters. The molecule has 0 spiro atoms. The zero-order chi connectivity index (χ0) is 12.1. The van der Waals surface area contributed by atoms with E-state index in [9.17, 15) is 0 Å². The summed E-state index contributed by atoms with van der Waals surface area (Å²) in [4.78, 5) is 0. The zero-order valence-electron chi connectivity index (χ0n) is 9.30. The second-order valence-corrected chi connectivity index (χ2v) is 5.31. The van der Waals surface area contributed by atoms with Gasteiger partial charge in [-0.3, -0.25) is 0 Å². The third kappa shape index (κ3) is 3.31. The third-order valence-electron chi connectivity index (χ3n) is 2.45. The lowest BCUT2D eigenvalue weighted by Crippen LogP contribution is -2.12. The monoisotopic (exact) mass is 311 g/mol. The average molecular weight is 312 g/mol. The summed E-state index contributed by atoms with van der Waals surface area (Å²) in [5.74, 6) is 0.858. The molecule has 4 heteroatoms. The number of para-hydroxylation sites is 1. The lowest BCUT2D eigenvalue weighted by atomic mass is 10.1. The van der Waals surface area contributed by atoms with Crippen LogP contribution in [0.4, 0.5) is 0 Å². The van der Waals surface area contributed by atoms with Crippen molar-refractivity contribution in [1.82, 2.24) is 0 Å². The molecule has 2 rings (SSSR count). The molecule has 0 bridgehead atoms. The quantitative estimate of drug-likeness (QED) is 0.906. The Morgan fingerprint density at radius 2 is 2.12 bits per heavy atom. The zero-order valence-corrected chi connectivity index (χ0v) is 11.7. The molecule has 0 aliphatic heterocycles. The summed E-state index contributed by atoms with van der Waals surface area (Å²) in [7, 11) is 0. The minimum atomic E-state index is 0.0324. The van der Waals surface area contributed by atoms with E-state index < -0.39 is 0 Å². The molecule has 0 aliphatic rings. The lowest BCUT2D eigenvalue weighted by molar-refractivity contribution is 0.197. The predicted molar refractivity (Wildman–Crippen MR) is 75.5 cm³/mol. The number of hydrogen-bond donors (Lipinski definition) is 1. The van der Waals surface area contributed by atoms with Gasteiger partial charge >= 0.3 is 0 Å². The second kappa shape index (κ2) is 6.19. The van der Waals surface area contributed by atoms with Gasteiger partial charge in [0, 0.05) is 12.0 Å². The standard InChI is InChI=1S/C13H14BrNOS/c14-11-3-1-2-4-13(11)16-12(5-7-15)10-6-8-17-9-10/h1-4,6,8-9,12H,5,7,15H2. The van der Waals surface area contributed by atoms with Gasteiger partial charge in [-0.15, -0.1) is 0 Å². The van der Waals surface area contributed by atoms with Crippen molar-refractivity contribution in [2.45, 2.75) is 12.5 Å². The first-order valence-corrected chi connectivity index (χ1v) is 7.18. The number of nitrogens with two attached hydrogens (primary N) is 1. The van der Waals surface area contributed by atoms with E-state index in [1.54, 1.807) is 11.3 Å². The molecule has 0 aliphatic carbocycles. The van der Waals surface area contributed by atoms with Crippen molar-refractivity contribution in [2.75, 3.05) is 6.54 Å². The highest BCUT2D eigenvalue weighted by molar-refractivity contribution is 9.10. The molecule has 2 N–H and O–H groups in total. The maximum Gasteiger partial charge on any atom is 0.134 e. The predicted octanol–water partition coefficient (Wildman–Crippen LogP) is 3.98. The maximum atomic E-state index is 6.01. The van der Waals surface area contributed by atoms with E-state index in [1.165, 1.54) is 5.56 Å². The van der Waals surface area contributed by atoms with Crippen LogP contribution in [0.3, 0.4) is 0 Å². The minimum absolute atomic E-state index is 0.0324. The number of benzene rings is 1. The van der Waals surface area contributed by atoms with Crippen LogP contribution in [0.1, 0.15) is 18.1 Å². The molecule has 1 aromatic carbocycles. The Balaban J connectivity index is 2.16. The molecule has 0 radical (unpaired) electrons. The first-order chi connectivity index (χ1) is 8.31. The van der Waals surface area contributed by atoms with Gasteiger partial charge in [-0.25, -0.2) is 0 Å². The summed E-state index contributed by atoms with van der Waals surface area (Å²) >= 11 is 5.16. The Hall–Kier alpha value is -0.840. The number of thiophene rings is 1. The highest BCUT2D eigenvalue weighted by Gasteiger charge is 2.14. The van der Waals surface area contributed by atoms with Gasteiger partial charge in [0.25, 0.3) is 0 Å². The van der Waals surface area contributed by atoms with E-state index in [2.05, 4.69) is 32.8 Å². The first kappa shape index (κ1) is 12.6. The maximum absolute atomic E-state index is 6.01. The summed E-state index contributed by atoms with van der Waals surface area (Å²) in [5, 5.41) is 4.17. The second-order valence-electron chi connectivity index (χ2n) is 3.67. The molecular weight excluding hydrogens is 298 g/mol. The van der Waals surface area contributed by atoms with Gasteiger partial charge in [-0.1, -0.05) is 12.1 Å². The molecule has 17 heavy (non-hydrogen) atoms. The van der Waals surface area contributed by atoms with Crippen molar-refractivity contribution in [3.05, 3.63) is 51.1 Å². The van der Waals surface area contributed by atoms with Crippen LogP contribution in [0.5, 0.6) is 5.75 Å². The summed E-state index contributed by atoms with van der Waals surface area (Å²) in [6.45, 7) is 0.616. The van der Waals surface area contributed by atoms with Gasteiger partial charge in [0.15, 0.2) is 0 Å². The first-order valence-electron chi connectivity index (χ1n) is 5.44. The molecule has 0 saturated carbocycles. The number of hydrogen-bond acceptors (Lipinski definition) is 3. The fraction of sp³-hybridized carbons (Fsp3) is 0.231. The Morgan fingerprint density at radius 1 is 1.29 bits per heavy atom. The van der Waals surface area contributed by atoms with Crippen molar-refractivity contribution in [1.29, 1.82) is 0 Å². The third-order valence-corrected chi connectivity index (χ3v) is 3.81. The van der Waals surface area contributed by atoms with E-state index in [0.29, 0.717) is 6.54 Å². The van der Waals surface area contributed by atoms with Gasteiger partial charge in [-0.2, -0.15) is 11.3 Å². The van der Waals surface area contributed by atoms with Gasteiger partial charge in [0.1, 0.15) is 11.9 Å². The highest BCUT2D eigenvalue weighted by atomic mass is 79.9. The average Bonchev–Trinajstić information content (AvgIpc) is 2.85. The Kier molecular flexibility index (Phi) is 4.59.